The number of nitrogens with zero attached hydrogens (tertiary/aromatic N) is 4. The molecule has 0 aliphatic carbocycles. The van der Waals surface area contributed by atoms with Crippen LogP contribution in [-0.4, -0.2) is 68.0 Å². The van der Waals surface area contributed by atoms with Gasteiger partial charge in [0.25, 0.3) is 5.91 Å². The Morgan fingerprint density at radius 3 is 2.46 bits per heavy atom. The number of carbonyl (C=O) groups is 3. The summed E-state index contributed by atoms with van der Waals surface area (Å²) in [5.74, 6) is 1.22. The van der Waals surface area contributed by atoms with Crippen LogP contribution in [0.25, 0.3) is 0 Å². The van der Waals surface area contributed by atoms with Gasteiger partial charge in [0.15, 0.2) is 5.82 Å². The van der Waals surface area contributed by atoms with Crippen LogP contribution in [0.4, 0.5) is 4.79 Å². The van der Waals surface area contributed by atoms with Gasteiger partial charge in [-0.3, -0.25) is 19.6 Å². The van der Waals surface area contributed by atoms with Gasteiger partial charge in [-0.1, -0.05) is 0 Å². The molecule has 2 saturated heterocycles. The average Bonchev–Trinajstić information content (AvgIpc) is 3.04. The summed E-state index contributed by atoms with van der Waals surface area (Å²) in [5, 5.41) is 9.60. The fourth-order valence-corrected chi connectivity index (χ4v) is 3.13. The Morgan fingerprint density at radius 2 is 1.96 bits per heavy atom. The summed E-state index contributed by atoms with van der Waals surface area (Å²) in [6, 6.07) is -0.510. The Kier molecular flexibility index (Phi) is 4.02. The molecule has 9 heteroatoms. The molecular formula is C15H22N6O3. The van der Waals surface area contributed by atoms with E-state index in [1.807, 2.05) is 6.92 Å². The normalized spacial score (nSPS) is 21.3. The van der Waals surface area contributed by atoms with Crippen molar-refractivity contribution in [1.29, 1.82) is 0 Å². The van der Waals surface area contributed by atoms with Gasteiger partial charge in [0, 0.05) is 19.0 Å². The van der Waals surface area contributed by atoms with Gasteiger partial charge < -0.3 is 10.2 Å². The summed E-state index contributed by atoms with van der Waals surface area (Å²) in [6.45, 7) is 6.05. The number of H-pyrrole nitrogens is 1. The van der Waals surface area contributed by atoms with Crippen molar-refractivity contribution in [2.45, 2.75) is 45.1 Å². The zero-order chi connectivity index (χ0) is 17.5. The lowest BCUT2D eigenvalue weighted by molar-refractivity contribution is -0.139. The average molecular weight is 334 g/mol. The lowest BCUT2D eigenvalue weighted by atomic mass is 9.96. The molecule has 2 fully saturated rings. The first-order valence-electron chi connectivity index (χ1n) is 8.09. The molecule has 0 bridgehead atoms. The zero-order valence-electron chi connectivity index (χ0n) is 14.1. The number of aryl methyl sites for hydroxylation is 1. The van der Waals surface area contributed by atoms with Gasteiger partial charge in [-0.2, -0.15) is 5.10 Å². The van der Waals surface area contributed by atoms with Crippen LogP contribution in [0, 0.1) is 6.92 Å². The van der Waals surface area contributed by atoms with Gasteiger partial charge in [0.2, 0.25) is 5.91 Å². The number of urea groups is 1. The Labute approximate surface area is 139 Å². The van der Waals surface area contributed by atoms with Crippen molar-refractivity contribution >= 4 is 17.8 Å². The van der Waals surface area contributed by atoms with Crippen molar-refractivity contribution in [3.05, 3.63) is 11.6 Å². The van der Waals surface area contributed by atoms with E-state index >= 15 is 0 Å². The molecule has 2 N–H and O–H groups in total. The second-order valence-electron chi connectivity index (χ2n) is 6.88. The van der Waals surface area contributed by atoms with Crippen molar-refractivity contribution in [1.82, 2.24) is 30.3 Å². The van der Waals surface area contributed by atoms with Gasteiger partial charge in [-0.15, -0.1) is 0 Å². The Balaban J connectivity index is 1.56. The molecule has 9 nitrogen and oxygen atoms in total. The van der Waals surface area contributed by atoms with Crippen molar-refractivity contribution in [2.24, 2.45) is 0 Å². The van der Waals surface area contributed by atoms with Crippen LogP contribution in [0.3, 0.4) is 0 Å². The highest BCUT2D eigenvalue weighted by molar-refractivity contribution is 6.08. The Morgan fingerprint density at radius 1 is 1.29 bits per heavy atom. The third-order valence-electron chi connectivity index (χ3n) is 4.57. The number of carbonyl (C=O) groups excluding carboxylic acids is 3. The molecule has 130 valence electrons. The van der Waals surface area contributed by atoms with Crippen LogP contribution < -0.4 is 5.32 Å². The molecule has 3 rings (SSSR count). The third-order valence-corrected chi connectivity index (χ3v) is 4.57. The van der Waals surface area contributed by atoms with E-state index in [9.17, 15) is 14.4 Å². The number of nitrogens with one attached hydrogen (secondary N) is 2. The maximum Gasteiger partial charge on any atom is 0.325 e. The van der Waals surface area contributed by atoms with Crippen LogP contribution in [0.1, 0.15) is 44.3 Å². The van der Waals surface area contributed by atoms with Crippen LogP contribution in [0.5, 0.6) is 0 Å². The lowest BCUT2D eigenvalue weighted by Crippen LogP contribution is -2.46. The van der Waals surface area contributed by atoms with Crippen LogP contribution in [-0.2, 0) is 9.59 Å². The summed E-state index contributed by atoms with van der Waals surface area (Å²) < 4.78 is 0. The molecule has 3 heterocycles. The second-order valence-corrected chi connectivity index (χ2v) is 6.88. The summed E-state index contributed by atoms with van der Waals surface area (Å²) in [4.78, 5) is 43.5. The van der Waals surface area contributed by atoms with E-state index in [1.54, 1.807) is 18.7 Å². The number of aromatic nitrogens is 3. The van der Waals surface area contributed by atoms with E-state index < -0.39 is 11.6 Å². The molecule has 1 aromatic rings. The minimum absolute atomic E-state index is 0.208. The maximum atomic E-state index is 12.4. The molecule has 0 unspecified atom stereocenters. The fourth-order valence-electron chi connectivity index (χ4n) is 3.13. The summed E-state index contributed by atoms with van der Waals surface area (Å²) in [7, 11) is 0. The topological polar surface area (TPSA) is 111 Å². The molecule has 0 spiro atoms. The molecule has 0 atom stereocenters. The summed E-state index contributed by atoms with van der Waals surface area (Å²) in [6.07, 6.45) is 1.54. The molecule has 2 aliphatic heterocycles. The predicted octanol–water partition coefficient (Wildman–Crippen LogP) is 0.150. The molecular weight excluding hydrogens is 312 g/mol. The van der Waals surface area contributed by atoms with E-state index in [2.05, 4.69) is 20.5 Å². The fraction of sp³-hybridized carbons (Fsp3) is 0.667. The van der Waals surface area contributed by atoms with Crippen LogP contribution >= 0.6 is 0 Å². The number of rotatable bonds is 3. The Bertz CT molecular complexity index is 675. The number of hydrogen-bond acceptors (Lipinski definition) is 5. The van der Waals surface area contributed by atoms with E-state index in [0.29, 0.717) is 13.1 Å². The molecule has 0 aromatic carbocycles. The number of aromatic amines is 1. The number of imide groups is 1. The van der Waals surface area contributed by atoms with Crippen LogP contribution in [0.15, 0.2) is 0 Å². The van der Waals surface area contributed by atoms with Crippen molar-refractivity contribution in [3.8, 4) is 0 Å². The van der Waals surface area contributed by atoms with Crippen molar-refractivity contribution in [3.63, 3.8) is 0 Å². The first-order chi connectivity index (χ1) is 11.3. The monoisotopic (exact) mass is 334 g/mol. The van der Waals surface area contributed by atoms with Gasteiger partial charge >= 0.3 is 6.03 Å². The van der Waals surface area contributed by atoms with Gasteiger partial charge in [-0.05, 0) is 33.6 Å². The van der Waals surface area contributed by atoms with Gasteiger partial charge in [0.1, 0.15) is 17.9 Å². The Hall–Kier alpha value is -2.45. The smallest absolute Gasteiger partial charge is 0.325 e. The molecule has 0 saturated carbocycles. The van der Waals surface area contributed by atoms with Gasteiger partial charge in [0.05, 0.1) is 0 Å². The summed E-state index contributed by atoms with van der Waals surface area (Å²) in [5.41, 5.74) is -0.951. The largest absolute Gasteiger partial charge is 0.341 e. The highest BCUT2D eigenvalue weighted by Gasteiger charge is 2.45. The maximum absolute atomic E-state index is 12.4. The quantitative estimate of drug-likeness (QED) is 0.764. The molecule has 0 radical (unpaired) electrons. The molecule has 1 aromatic heterocycles. The standard InChI is InChI=1S/C15H22N6O3/c1-9-16-12(19-18-9)10-4-6-20(7-5-10)11(22)8-21-13(23)15(2,3)17-14(21)24/h10H,4-8H2,1-3H3,(H,17,24)(H,16,18,19). The number of amides is 4. The predicted molar refractivity (Wildman–Crippen MR) is 84.0 cm³/mol. The van der Waals surface area contributed by atoms with Gasteiger partial charge in [-0.25, -0.2) is 9.78 Å². The van der Waals surface area contributed by atoms with E-state index in [1.165, 1.54) is 0 Å². The van der Waals surface area contributed by atoms with Crippen LogP contribution in [0.2, 0.25) is 0 Å². The number of hydrogen-bond donors (Lipinski definition) is 2. The van der Waals surface area contributed by atoms with E-state index in [-0.39, 0.29) is 24.3 Å². The highest BCUT2D eigenvalue weighted by Crippen LogP contribution is 2.26. The number of piperidine rings is 1. The van der Waals surface area contributed by atoms with Crippen molar-refractivity contribution in [2.75, 3.05) is 19.6 Å². The minimum Gasteiger partial charge on any atom is -0.341 e. The zero-order valence-corrected chi connectivity index (χ0v) is 14.1. The second kappa shape index (κ2) is 5.88. The molecule has 2 aliphatic rings. The first kappa shape index (κ1) is 16.4. The minimum atomic E-state index is -0.951. The number of likely N-dealkylation sites (tertiary alicyclic amines) is 1. The third kappa shape index (κ3) is 2.98. The molecule has 4 amide bonds. The summed E-state index contributed by atoms with van der Waals surface area (Å²) >= 11 is 0. The molecule has 24 heavy (non-hydrogen) atoms. The lowest BCUT2D eigenvalue weighted by Gasteiger charge is -2.31. The SMILES string of the molecule is Cc1nc(C2CCN(C(=O)CN3C(=O)NC(C)(C)C3=O)CC2)n[nH]1. The van der Waals surface area contributed by atoms with E-state index in [4.69, 9.17) is 0 Å². The van der Waals surface area contributed by atoms with Crippen molar-refractivity contribution < 1.29 is 14.4 Å². The van der Waals surface area contributed by atoms with E-state index in [0.717, 1.165) is 29.4 Å². The highest BCUT2D eigenvalue weighted by atomic mass is 16.2. The first-order valence-corrected chi connectivity index (χ1v) is 8.09.